The van der Waals surface area contributed by atoms with Crippen molar-refractivity contribution in [3.8, 4) is 0 Å². The molecule has 1 aromatic carbocycles. The van der Waals surface area contributed by atoms with Gasteiger partial charge in [0.2, 0.25) is 0 Å². The molecule has 7 nitrogen and oxygen atoms in total. The van der Waals surface area contributed by atoms with Gasteiger partial charge in [-0.05, 0) is 49.9 Å². The van der Waals surface area contributed by atoms with Gasteiger partial charge in [0, 0.05) is 66.7 Å². The number of hydrogen-bond acceptors (Lipinski definition) is 6. The van der Waals surface area contributed by atoms with E-state index in [1.807, 2.05) is 34.7 Å². The van der Waals surface area contributed by atoms with E-state index in [2.05, 4.69) is 9.88 Å². The van der Waals surface area contributed by atoms with Gasteiger partial charge in [-0.25, -0.2) is 4.98 Å². The fraction of sp³-hybridized carbons (Fsp3) is 0.440. The molecule has 0 bridgehead atoms. The molecule has 1 fully saturated rings. The summed E-state index contributed by atoms with van der Waals surface area (Å²) in [6, 6.07) is 5.65. The Morgan fingerprint density at radius 1 is 1.21 bits per heavy atom. The number of amides is 1. The molecule has 0 saturated carbocycles. The Kier molecular flexibility index (Phi) is 6.81. The highest BCUT2D eigenvalue weighted by atomic mass is 35.5. The highest BCUT2D eigenvalue weighted by Crippen LogP contribution is 2.38. The number of aliphatic carboxylic acids is 1. The summed E-state index contributed by atoms with van der Waals surface area (Å²) in [4.78, 5) is 37.4. The Hall–Kier alpha value is -2.55. The first kappa shape index (κ1) is 23.2. The molecule has 3 aromatic rings. The van der Waals surface area contributed by atoms with Gasteiger partial charge in [-0.15, -0.1) is 11.3 Å². The first-order valence-electron chi connectivity index (χ1n) is 11.7. The second kappa shape index (κ2) is 9.98. The Labute approximate surface area is 207 Å². The second-order valence-electron chi connectivity index (χ2n) is 9.02. The molecule has 0 spiro atoms. The van der Waals surface area contributed by atoms with E-state index in [-0.39, 0.29) is 12.3 Å². The number of aromatic nitrogens is 2. The SMILES string of the molecule is O=C(O)CCCN1CCN(C(=O)c2ccc3c(Cl)c4c(nc3c2)CC(c2nccs2)CC4)CC1. The number of pyridine rings is 1. The van der Waals surface area contributed by atoms with Crippen LogP contribution < -0.4 is 0 Å². The molecule has 178 valence electrons. The lowest BCUT2D eigenvalue weighted by Crippen LogP contribution is -2.48. The van der Waals surface area contributed by atoms with E-state index < -0.39 is 5.97 Å². The molecule has 9 heteroatoms. The Morgan fingerprint density at radius 3 is 2.76 bits per heavy atom. The van der Waals surface area contributed by atoms with Crippen molar-refractivity contribution in [2.24, 2.45) is 0 Å². The lowest BCUT2D eigenvalue weighted by molar-refractivity contribution is -0.137. The lowest BCUT2D eigenvalue weighted by atomic mass is 9.86. The molecule has 2 aliphatic rings. The Bertz CT molecular complexity index is 1210. The molecule has 3 heterocycles. The van der Waals surface area contributed by atoms with Crippen molar-refractivity contribution >= 4 is 45.7 Å². The smallest absolute Gasteiger partial charge is 0.303 e. The third kappa shape index (κ3) is 4.80. The maximum absolute atomic E-state index is 13.2. The van der Waals surface area contributed by atoms with Crippen LogP contribution in [0.5, 0.6) is 0 Å². The van der Waals surface area contributed by atoms with Crippen molar-refractivity contribution in [2.75, 3.05) is 32.7 Å². The highest BCUT2D eigenvalue weighted by molar-refractivity contribution is 7.09. The number of fused-ring (bicyclic) bond motifs is 2. The summed E-state index contributed by atoms with van der Waals surface area (Å²) >= 11 is 8.49. The van der Waals surface area contributed by atoms with Gasteiger partial charge in [-0.2, -0.15) is 0 Å². The molecular weight excluding hydrogens is 472 g/mol. The molecule has 2 aromatic heterocycles. The van der Waals surface area contributed by atoms with E-state index in [9.17, 15) is 9.59 Å². The zero-order valence-electron chi connectivity index (χ0n) is 18.9. The van der Waals surface area contributed by atoms with Gasteiger partial charge in [0.1, 0.15) is 0 Å². The van der Waals surface area contributed by atoms with Gasteiger partial charge in [0.25, 0.3) is 5.91 Å². The van der Waals surface area contributed by atoms with Crippen LogP contribution in [0.4, 0.5) is 0 Å². The third-order valence-corrected chi connectivity index (χ3v) is 8.23. The van der Waals surface area contributed by atoms with Crippen LogP contribution in [0.3, 0.4) is 0 Å². The molecule has 1 saturated heterocycles. The molecule has 34 heavy (non-hydrogen) atoms. The van der Waals surface area contributed by atoms with E-state index in [4.69, 9.17) is 21.7 Å². The number of carbonyl (C=O) groups excluding carboxylic acids is 1. The van der Waals surface area contributed by atoms with Gasteiger partial charge in [-0.1, -0.05) is 17.7 Å². The molecule has 1 unspecified atom stereocenters. The highest BCUT2D eigenvalue weighted by Gasteiger charge is 2.27. The summed E-state index contributed by atoms with van der Waals surface area (Å²) in [7, 11) is 0. The first-order valence-corrected chi connectivity index (χ1v) is 13.0. The van der Waals surface area contributed by atoms with E-state index in [0.717, 1.165) is 71.1 Å². The summed E-state index contributed by atoms with van der Waals surface area (Å²) in [5.41, 5.74) is 3.54. The minimum absolute atomic E-state index is 0.00314. The molecule has 5 rings (SSSR count). The van der Waals surface area contributed by atoms with Crippen molar-refractivity contribution in [2.45, 2.75) is 38.0 Å². The third-order valence-electron chi connectivity index (χ3n) is 6.86. The topological polar surface area (TPSA) is 86.6 Å². The van der Waals surface area contributed by atoms with Crippen LogP contribution >= 0.6 is 22.9 Å². The number of halogens is 1. The fourth-order valence-electron chi connectivity index (χ4n) is 4.98. The predicted octanol–water partition coefficient (Wildman–Crippen LogP) is 4.24. The summed E-state index contributed by atoms with van der Waals surface area (Å²) in [5.74, 6) is -0.396. The van der Waals surface area contributed by atoms with Crippen LogP contribution in [-0.4, -0.2) is 69.5 Å². The number of rotatable bonds is 6. The average Bonchev–Trinajstić information content (AvgIpc) is 3.38. The molecule has 0 radical (unpaired) electrons. The number of carboxylic acids is 1. The molecule has 1 amide bonds. The normalized spacial score (nSPS) is 18.7. The van der Waals surface area contributed by atoms with Crippen LogP contribution in [0.1, 0.15) is 51.8 Å². The van der Waals surface area contributed by atoms with Crippen molar-refractivity contribution in [3.63, 3.8) is 0 Å². The zero-order chi connectivity index (χ0) is 23.7. The standard InChI is InChI=1S/C25H27ClN4O3S/c26-23-18-5-3-16(24-27-7-13-34-24)14-20(18)28-21-15-17(4-6-19(21)23)25(33)30-11-9-29(10-12-30)8-1-2-22(31)32/h4,6-7,13,15-16H,1-3,5,8-12,14H2,(H,31,32). The monoisotopic (exact) mass is 498 g/mol. The Morgan fingerprint density at radius 2 is 2.03 bits per heavy atom. The van der Waals surface area contributed by atoms with Crippen LogP contribution in [0.15, 0.2) is 29.8 Å². The molecule has 1 atom stereocenters. The summed E-state index contributed by atoms with van der Waals surface area (Å²) in [5, 5.41) is 13.6. The minimum atomic E-state index is -0.765. The number of nitrogens with zero attached hydrogens (tertiary/aromatic N) is 4. The van der Waals surface area contributed by atoms with Gasteiger partial charge in [0.15, 0.2) is 0 Å². The lowest BCUT2D eigenvalue weighted by Gasteiger charge is -2.34. The predicted molar refractivity (Wildman–Crippen MR) is 133 cm³/mol. The number of benzene rings is 1. The van der Waals surface area contributed by atoms with E-state index in [1.165, 1.54) is 0 Å². The summed E-state index contributed by atoms with van der Waals surface area (Å²) in [6.45, 7) is 3.54. The van der Waals surface area contributed by atoms with E-state index >= 15 is 0 Å². The molecule has 1 aliphatic heterocycles. The maximum atomic E-state index is 13.2. The average molecular weight is 499 g/mol. The number of thiazole rings is 1. The summed E-state index contributed by atoms with van der Waals surface area (Å²) < 4.78 is 0. The molecule has 1 aliphatic carbocycles. The van der Waals surface area contributed by atoms with Gasteiger partial charge in [-0.3, -0.25) is 19.5 Å². The Balaban J connectivity index is 1.30. The minimum Gasteiger partial charge on any atom is -0.481 e. The van der Waals surface area contributed by atoms with Crippen molar-refractivity contribution < 1.29 is 14.7 Å². The van der Waals surface area contributed by atoms with E-state index in [1.54, 1.807) is 11.3 Å². The second-order valence-corrected chi connectivity index (χ2v) is 10.3. The van der Waals surface area contributed by atoms with Crippen molar-refractivity contribution in [1.29, 1.82) is 0 Å². The number of piperazine rings is 1. The van der Waals surface area contributed by atoms with Crippen LogP contribution in [0.2, 0.25) is 5.02 Å². The van der Waals surface area contributed by atoms with E-state index in [0.29, 0.717) is 31.0 Å². The fourth-order valence-corrected chi connectivity index (χ4v) is 6.12. The summed E-state index contributed by atoms with van der Waals surface area (Å²) in [6.07, 6.45) is 5.39. The molecule has 1 N–H and O–H groups in total. The number of hydrogen-bond donors (Lipinski definition) is 1. The van der Waals surface area contributed by atoms with Crippen LogP contribution in [0.25, 0.3) is 10.9 Å². The van der Waals surface area contributed by atoms with Crippen LogP contribution in [0, 0.1) is 0 Å². The van der Waals surface area contributed by atoms with Crippen molar-refractivity contribution in [3.05, 3.63) is 56.6 Å². The molecular formula is C25H27ClN4O3S. The van der Waals surface area contributed by atoms with Gasteiger partial charge in [0.05, 0.1) is 15.5 Å². The van der Waals surface area contributed by atoms with Gasteiger partial charge >= 0.3 is 5.97 Å². The maximum Gasteiger partial charge on any atom is 0.303 e. The number of carboxylic acid groups (broad SMARTS) is 1. The largest absolute Gasteiger partial charge is 0.481 e. The quantitative estimate of drug-likeness (QED) is 0.547. The first-order chi connectivity index (χ1) is 16.5. The van der Waals surface area contributed by atoms with Crippen molar-refractivity contribution in [1.82, 2.24) is 19.8 Å². The zero-order valence-corrected chi connectivity index (χ0v) is 20.4. The number of carbonyl (C=O) groups is 2. The van der Waals surface area contributed by atoms with Gasteiger partial charge < -0.3 is 10.0 Å². The van der Waals surface area contributed by atoms with Crippen LogP contribution in [-0.2, 0) is 17.6 Å².